The number of likely N-dealkylation sites (tertiary alicyclic amines) is 1. The minimum atomic E-state index is -1.15. The molecule has 0 bridgehead atoms. The molecule has 0 radical (unpaired) electrons. The lowest BCUT2D eigenvalue weighted by atomic mass is 10.1. The summed E-state index contributed by atoms with van der Waals surface area (Å²) >= 11 is 0. The summed E-state index contributed by atoms with van der Waals surface area (Å²) < 4.78 is 0. The Morgan fingerprint density at radius 3 is 2.20 bits per heavy atom. The second-order valence-electron chi connectivity index (χ2n) is 4.64. The van der Waals surface area contributed by atoms with E-state index in [4.69, 9.17) is 10.8 Å². The molecule has 1 saturated heterocycles. The maximum absolute atomic E-state index is 12.2. The van der Waals surface area contributed by atoms with Crippen molar-refractivity contribution in [3.05, 3.63) is 35.4 Å². The van der Waals surface area contributed by atoms with E-state index in [1.807, 2.05) is 0 Å². The molecule has 7 heteroatoms. The normalized spacial score (nSPS) is 21.8. The summed E-state index contributed by atoms with van der Waals surface area (Å²) in [5.74, 6) is -2.25. The second-order valence-corrected chi connectivity index (χ2v) is 4.64. The SMILES string of the molecule is NC(=O)c1ccc(C(=O)N2CC(O)CC2C(=O)O)cc1. The molecule has 0 saturated carbocycles. The van der Waals surface area contributed by atoms with Crippen molar-refractivity contribution in [3.8, 4) is 0 Å². The number of carbonyl (C=O) groups excluding carboxylic acids is 2. The van der Waals surface area contributed by atoms with Gasteiger partial charge in [0.25, 0.3) is 5.91 Å². The number of aliphatic hydroxyl groups is 1. The van der Waals surface area contributed by atoms with Crippen LogP contribution in [0, 0.1) is 0 Å². The summed E-state index contributed by atoms with van der Waals surface area (Å²) in [6, 6.07) is 4.58. The highest BCUT2D eigenvalue weighted by atomic mass is 16.4. The molecule has 1 heterocycles. The number of hydrogen-bond acceptors (Lipinski definition) is 4. The molecule has 1 aromatic carbocycles. The number of benzene rings is 1. The van der Waals surface area contributed by atoms with Crippen molar-refractivity contribution in [2.45, 2.75) is 18.6 Å². The van der Waals surface area contributed by atoms with E-state index in [1.54, 1.807) is 0 Å². The van der Waals surface area contributed by atoms with Crippen molar-refractivity contribution < 1.29 is 24.6 Å². The Morgan fingerprint density at radius 2 is 1.70 bits per heavy atom. The minimum absolute atomic E-state index is 0.0143. The number of carbonyl (C=O) groups is 3. The molecule has 1 fully saturated rings. The van der Waals surface area contributed by atoms with Gasteiger partial charge in [-0.25, -0.2) is 4.79 Å². The van der Waals surface area contributed by atoms with Gasteiger partial charge in [0, 0.05) is 24.1 Å². The third kappa shape index (κ3) is 2.62. The van der Waals surface area contributed by atoms with Gasteiger partial charge in [0.05, 0.1) is 6.10 Å². The van der Waals surface area contributed by atoms with E-state index in [2.05, 4.69) is 0 Å². The number of β-amino-alcohol motifs (C(OH)–C–C–N with tert-alkyl or cyclic N) is 1. The molecule has 0 aromatic heterocycles. The van der Waals surface area contributed by atoms with Crippen LogP contribution in [0.25, 0.3) is 0 Å². The lowest BCUT2D eigenvalue weighted by molar-refractivity contribution is -0.141. The van der Waals surface area contributed by atoms with Gasteiger partial charge >= 0.3 is 5.97 Å². The van der Waals surface area contributed by atoms with Gasteiger partial charge in [0.1, 0.15) is 6.04 Å². The number of nitrogens with two attached hydrogens (primary N) is 1. The van der Waals surface area contributed by atoms with Crippen molar-refractivity contribution in [1.29, 1.82) is 0 Å². The van der Waals surface area contributed by atoms with Crippen LogP contribution in [0.4, 0.5) is 0 Å². The number of carboxylic acid groups (broad SMARTS) is 1. The fourth-order valence-electron chi connectivity index (χ4n) is 2.22. The summed E-state index contributed by atoms with van der Waals surface area (Å²) in [4.78, 5) is 35.4. The van der Waals surface area contributed by atoms with E-state index in [-0.39, 0.29) is 24.1 Å². The van der Waals surface area contributed by atoms with Crippen LogP contribution < -0.4 is 5.73 Å². The lowest BCUT2D eigenvalue weighted by Crippen LogP contribution is -2.40. The van der Waals surface area contributed by atoms with E-state index in [1.165, 1.54) is 24.3 Å². The third-order valence-corrected chi connectivity index (χ3v) is 3.24. The predicted octanol–water partition coefficient (Wildman–Crippen LogP) is -0.554. The molecule has 1 aromatic rings. The number of primary amides is 1. The Morgan fingerprint density at radius 1 is 1.15 bits per heavy atom. The Kier molecular flexibility index (Phi) is 3.71. The van der Waals surface area contributed by atoms with Gasteiger partial charge in [0.15, 0.2) is 0 Å². The van der Waals surface area contributed by atoms with Crippen LogP contribution in [-0.4, -0.2) is 51.6 Å². The summed E-state index contributed by atoms with van der Waals surface area (Å²) in [5, 5.41) is 18.6. The summed E-state index contributed by atoms with van der Waals surface area (Å²) in [6.45, 7) is -0.0205. The number of aliphatic carboxylic acids is 1. The van der Waals surface area contributed by atoms with E-state index in [0.29, 0.717) is 0 Å². The number of hydrogen-bond donors (Lipinski definition) is 3. The fraction of sp³-hybridized carbons (Fsp3) is 0.308. The summed E-state index contributed by atoms with van der Waals surface area (Å²) in [5.41, 5.74) is 5.60. The quantitative estimate of drug-likeness (QED) is 0.684. The first-order valence-corrected chi connectivity index (χ1v) is 6.02. The molecular weight excluding hydrogens is 264 g/mol. The highest BCUT2D eigenvalue weighted by Gasteiger charge is 2.39. The van der Waals surface area contributed by atoms with Crippen molar-refractivity contribution in [2.24, 2.45) is 5.73 Å². The Balaban J connectivity index is 2.22. The van der Waals surface area contributed by atoms with Crippen molar-refractivity contribution >= 4 is 17.8 Å². The third-order valence-electron chi connectivity index (χ3n) is 3.24. The van der Waals surface area contributed by atoms with Gasteiger partial charge in [-0.3, -0.25) is 9.59 Å². The number of rotatable bonds is 3. The number of aliphatic hydroxyl groups excluding tert-OH is 1. The van der Waals surface area contributed by atoms with Crippen LogP contribution in [0.3, 0.4) is 0 Å². The Hall–Kier alpha value is -2.41. The van der Waals surface area contributed by atoms with Gasteiger partial charge in [-0.1, -0.05) is 0 Å². The van der Waals surface area contributed by atoms with Gasteiger partial charge in [0.2, 0.25) is 5.91 Å². The van der Waals surface area contributed by atoms with Crippen LogP contribution in [0.1, 0.15) is 27.1 Å². The van der Waals surface area contributed by atoms with E-state index < -0.39 is 29.9 Å². The first kappa shape index (κ1) is 14.0. The topological polar surface area (TPSA) is 121 Å². The number of carboxylic acids is 1. The van der Waals surface area contributed by atoms with E-state index >= 15 is 0 Å². The van der Waals surface area contributed by atoms with Crippen LogP contribution in [-0.2, 0) is 4.79 Å². The zero-order chi connectivity index (χ0) is 14.9. The van der Waals surface area contributed by atoms with Crippen molar-refractivity contribution in [1.82, 2.24) is 4.90 Å². The predicted molar refractivity (Wildman–Crippen MR) is 68.0 cm³/mol. The molecule has 106 valence electrons. The second kappa shape index (κ2) is 5.30. The maximum atomic E-state index is 12.2. The average molecular weight is 278 g/mol. The standard InChI is InChI=1S/C13H14N2O5/c14-11(17)7-1-3-8(4-2-7)12(18)15-6-9(16)5-10(15)13(19)20/h1-4,9-10,16H,5-6H2,(H2,14,17)(H,19,20). The van der Waals surface area contributed by atoms with Crippen LogP contribution in [0.15, 0.2) is 24.3 Å². The van der Waals surface area contributed by atoms with E-state index in [9.17, 15) is 19.5 Å². The molecule has 4 N–H and O–H groups in total. The van der Waals surface area contributed by atoms with E-state index in [0.717, 1.165) is 4.90 Å². The summed E-state index contributed by atoms with van der Waals surface area (Å²) in [7, 11) is 0. The molecule has 1 aliphatic rings. The Bertz CT molecular complexity index is 554. The van der Waals surface area contributed by atoms with Gasteiger partial charge in [-0.05, 0) is 24.3 Å². The number of amides is 2. The first-order chi connectivity index (χ1) is 9.40. The van der Waals surface area contributed by atoms with Crippen LogP contribution in [0.5, 0.6) is 0 Å². The van der Waals surface area contributed by atoms with Crippen molar-refractivity contribution in [3.63, 3.8) is 0 Å². The highest BCUT2D eigenvalue weighted by Crippen LogP contribution is 2.21. The monoisotopic (exact) mass is 278 g/mol. The van der Waals surface area contributed by atoms with Gasteiger partial charge in [-0.15, -0.1) is 0 Å². The van der Waals surface area contributed by atoms with Crippen molar-refractivity contribution in [2.75, 3.05) is 6.54 Å². The molecule has 2 rings (SSSR count). The molecule has 2 amide bonds. The molecule has 0 aliphatic carbocycles. The minimum Gasteiger partial charge on any atom is -0.480 e. The molecule has 20 heavy (non-hydrogen) atoms. The average Bonchev–Trinajstić information content (AvgIpc) is 2.80. The lowest BCUT2D eigenvalue weighted by Gasteiger charge is -2.21. The molecule has 2 unspecified atom stereocenters. The highest BCUT2D eigenvalue weighted by molar-refractivity contribution is 5.98. The van der Waals surface area contributed by atoms with Gasteiger partial charge in [-0.2, -0.15) is 0 Å². The Labute approximate surface area is 114 Å². The van der Waals surface area contributed by atoms with Crippen LogP contribution in [0.2, 0.25) is 0 Å². The zero-order valence-electron chi connectivity index (χ0n) is 10.5. The zero-order valence-corrected chi connectivity index (χ0v) is 10.5. The molecular formula is C13H14N2O5. The smallest absolute Gasteiger partial charge is 0.326 e. The first-order valence-electron chi connectivity index (χ1n) is 6.02. The maximum Gasteiger partial charge on any atom is 0.326 e. The summed E-state index contributed by atoms with van der Waals surface area (Å²) in [6.07, 6.45) is -0.828. The fourth-order valence-corrected chi connectivity index (χ4v) is 2.22. The largest absolute Gasteiger partial charge is 0.480 e. The molecule has 7 nitrogen and oxygen atoms in total. The van der Waals surface area contributed by atoms with Crippen LogP contribution >= 0.6 is 0 Å². The van der Waals surface area contributed by atoms with Gasteiger partial charge < -0.3 is 20.8 Å². The molecule has 0 spiro atoms. The molecule has 2 atom stereocenters. The number of nitrogens with zero attached hydrogens (tertiary/aromatic N) is 1. The molecule has 1 aliphatic heterocycles.